The normalized spacial score (nSPS) is 25.9. The number of hydrogen-bond acceptors (Lipinski definition) is 27. The molecule has 818 valence electrons. The number of terminal acetylenes is 1. The molecule has 0 radical (unpaired) electrons. The number of ketones is 7. The van der Waals surface area contributed by atoms with E-state index in [0.29, 0.717) is 48.8 Å². The van der Waals surface area contributed by atoms with Crippen LogP contribution < -0.4 is 43.0 Å². The van der Waals surface area contributed by atoms with E-state index in [1.807, 2.05) is 27.7 Å². The molecule has 42 heteroatoms. The predicted molar refractivity (Wildman–Crippen MR) is 560 cm³/mol. The Morgan fingerprint density at radius 2 is 0.980 bits per heavy atom. The second kappa shape index (κ2) is 59.4. The van der Waals surface area contributed by atoms with Crippen molar-refractivity contribution in [1.82, 2.24) is 66.6 Å². The lowest BCUT2D eigenvalue weighted by atomic mass is 9.87. The number of carboxylic acids is 1. The number of fused-ring (bicyclic) bond motifs is 9. The fourth-order valence-corrected chi connectivity index (χ4v) is 22.7. The highest BCUT2D eigenvalue weighted by Crippen LogP contribution is 2.34. The van der Waals surface area contributed by atoms with Crippen LogP contribution in [0, 0.1) is 59.2 Å². The number of Topliss-reactive ketones (excluding diaryl/α,β-unsaturated/α-hetero) is 7. The number of nitrogens with one attached hydrogen (secondary N) is 7. The number of unbranched alkanes of at least 4 members (excludes halogenated alkanes) is 2. The van der Waals surface area contributed by atoms with E-state index in [1.54, 1.807) is 30.3 Å². The summed E-state index contributed by atoms with van der Waals surface area (Å²) >= 11 is 3.00. The third kappa shape index (κ3) is 37.9. The van der Waals surface area contributed by atoms with Crippen LogP contribution in [0.25, 0.3) is 0 Å². The van der Waals surface area contributed by atoms with Crippen molar-refractivity contribution in [2.24, 2.45) is 52.6 Å². The topological polar surface area (TPSA) is 566 Å². The fraction of sp³-hybridized carbons (Fsp3) is 0.611. The molecule has 0 unspecified atom stereocenters. The number of phenols is 2. The van der Waals surface area contributed by atoms with Gasteiger partial charge in [-0.3, -0.25) is 101 Å². The quantitative estimate of drug-likeness (QED) is 0.0374. The number of thioether (sulfide) groups is 3. The van der Waals surface area contributed by atoms with E-state index < -0.39 is 295 Å². The van der Waals surface area contributed by atoms with Crippen LogP contribution in [0.3, 0.4) is 0 Å². The first-order valence-electron chi connectivity index (χ1n) is 52.1. The van der Waals surface area contributed by atoms with Crippen LogP contribution in [0.15, 0.2) is 78.9 Å². The zero-order valence-corrected chi connectivity index (χ0v) is 89.6. The second-order valence-corrected chi connectivity index (χ2v) is 44.9. The molecule has 0 aromatic heterocycles. The van der Waals surface area contributed by atoms with Gasteiger partial charge in [0.05, 0.1) is 86.2 Å². The highest BCUT2D eigenvalue weighted by atomic mass is 32.2. The molecule has 16 atom stereocenters. The summed E-state index contributed by atoms with van der Waals surface area (Å²) in [7, 11) is 0. The summed E-state index contributed by atoms with van der Waals surface area (Å²) in [6, 6.07) is 8.00. The summed E-state index contributed by atoms with van der Waals surface area (Å²) in [6.45, 7) is 11.7. The van der Waals surface area contributed by atoms with E-state index in [9.17, 15) is 63.3 Å². The van der Waals surface area contributed by atoms with Crippen molar-refractivity contribution >= 4 is 164 Å². The first-order chi connectivity index (χ1) is 71.3. The monoisotopic (exact) mass is 2140 g/mol. The number of benzene rings is 3. The maximum absolute atomic E-state index is 15.9. The molecule has 9 rings (SSSR count). The number of carboxylic acid groups (broad SMARTS) is 1. The number of primary amides is 1. The van der Waals surface area contributed by atoms with Crippen molar-refractivity contribution in [2.45, 2.75) is 290 Å². The van der Waals surface area contributed by atoms with Gasteiger partial charge in [0.2, 0.25) is 82.7 Å². The molecule has 0 saturated carbocycles. The zero-order chi connectivity index (χ0) is 110. The summed E-state index contributed by atoms with van der Waals surface area (Å²) in [4.78, 5) is 331. The molecule has 6 aliphatic heterocycles. The van der Waals surface area contributed by atoms with Crippen molar-refractivity contribution in [3.05, 3.63) is 95.6 Å². The summed E-state index contributed by atoms with van der Waals surface area (Å²) in [5.74, 6) is -24.5. The van der Waals surface area contributed by atoms with Gasteiger partial charge in [0.15, 0.2) is 34.7 Å². The van der Waals surface area contributed by atoms with E-state index in [4.69, 9.17) is 12.2 Å². The Balaban J connectivity index is 1.13. The van der Waals surface area contributed by atoms with Crippen LogP contribution >= 0.6 is 35.3 Å². The molecule has 39 nitrogen and oxygen atoms in total. The number of phenolic OH excluding ortho intramolecular Hbond substituents is 2. The Morgan fingerprint density at radius 3 is 1.51 bits per heavy atom. The number of carbonyl (C=O) groups is 22. The smallest absolute Gasteiger partial charge is 0.304 e. The Morgan fingerprint density at radius 1 is 0.507 bits per heavy atom. The van der Waals surface area contributed by atoms with Gasteiger partial charge in [0, 0.05) is 149 Å². The van der Waals surface area contributed by atoms with E-state index in [2.05, 4.69) is 43.1 Å². The number of aromatic hydroxyl groups is 2. The largest absolute Gasteiger partial charge is 0.508 e. The Hall–Kier alpha value is -12.4. The van der Waals surface area contributed by atoms with Gasteiger partial charge < -0.3 is 92.5 Å². The van der Waals surface area contributed by atoms with Gasteiger partial charge in [-0.15, -0.1) is 24.1 Å². The van der Waals surface area contributed by atoms with Gasteiger partial charge in [-0.05, 0) is 157 Å². The van der Waals surface area contributed by atoms with Crippen LogP contribution in [0.5, 0.6) is 11.5 Å². The highest BCUT2D eigenvalue weighted by Gasteiger charge is 2.47. The summed E-state index contributed by atoms with van der Waals surface area (Å²) < 4.78 is 0. The van der Waals surface area contributed by atoms with Gasteiger partial charge >= 0.3 is 5.97 Å². The third-order valence-corrected chi connectivity index (χ3v) is 31.3. The van der Waals surface area contributed by atoms with E-state index in [1.165, 1.54) is 106 Å². The number of carbonyl (C=O) groups excluding carboxylic acids is 21. The Bertz CT molecular complexity index is 5370. The first kappa shape index (κ1) is 121. The van der Waals surface area contributed by atoms with Crippen molar-refractivity contribution in [2.75, 3.05) is 80.7 Å². The lowest BCUT2D eigenvalue weighted by molar-refractivity contribution is -0.157. The van der Waals surface area contributed by atoms with E-state index in [-0.39, 0.29) is 175 Å². The SMILES string of the molecule is C#CCCC(=O)NCCCC[C@@H]1NC(=O)[C@@H]2CCCN2C(=O)[C@H](CC(C)(C)C)NC(=O)[C@@H](CC(C)=O)CSCCC(=O)N2CN3CN(C2)C(=O)CSC[C@H](NC(=O)[C@H](Cc2ccc(O)cc2)CC(=O)[C@@H]2CCCN2C(=O)[C@@H](C)CC1=O)C(=O)C[C@@H](Cc1ccccc1)C(=O)N[C@@H](C)C(=O)C[C@@H](CC(=O)O)C(=O)N1CCC[C@H]1C(=O)C[C@@H](Cc1ccc(O)cc1)C(=O)N[C@@H](CCCC)C(=O)C[C@H](C(=O)N[C@@H](C)C(N)=O)CSCCC3=O. The van der Waals surface area contributed by atoms with E-state index >= 15 is 57.5 Å². The van der Waals surface area contributed by atoms with Crippen LogP contribution in [0.1, 0.15) is 233 Å². The van der Waals surface area contributed by atoms with Gasteiger partial charge in [0.25, 0.3) is 0 Å². The minimum Gasteiger partial charge on any atom is -0.508 e. The number of nitrogens with two attached hydrogens (primary N) is 1. The van der Waals surface area contributed by atoms with Crippen LogP contribution in [-0.2, 0) is 125 Å². The highest BCUT2D eigenvalue weighted by molar-refractivity contribution is 8.00. The zero-order valence-electron chi connectivity index (χ0n) is 87.1. The minimum absolute atomic E-state index is 0.0113. The van der Waals surface area contributed by atoms with Crippen molar-refractivity contribution < 1.29 is 121 Å². The maximum atomic E-state index is 15.9. The average Bonchev–Trinajstić information content (AvgIpc) is 1.61. The van der Waals surface area contributed by atoms with Crippen molar-refractivity contribution in [1.29, 1.82) is 0 Å². The number of nitrogens with zero attached hydrogens (tertiary/aromatic N) is 6. The lowest BCUT2D eigenvalue weighted by Gasteiger charge is -2.42. The first-order valence-corrected chi connectivity index (χ1v) is 55.5. The number of rotatable bonds is 24. The fourth-order valence-electron chi connectivity index (χ4n) is 19.7. The molecule has 3 aromatic carbocycles. The molecule has 6 fully saturated rings. The summed E-state index contributed by atoms with van der Waals surface area (Å²) in [6.07, 6.45) is 2.26. The van der Waals surface area contributed by atoms with Gasteiger partial charge in [-0.25, -0.2) is 0 Å². The molecule has 6 aliphatic rings. The molecule has 12 N–H and O–H groups in total. The number of amides is 14. The molecule has 6 heterocycles. The average molecular weight is 2140 g/mol. The van der Waals surface area contributed by atoms with Crippen molar-refractivity contribution in [3.63, 3.8) is 0 Å². The van der Waals surface area contributed by atoms with E-state index in [0.717, 1.165) is 35.3 Å². The molecule has 6 saturated heterocycles. The maximum Gasteiger partial charge on any atom is 0.304 e. The number of aliphatic carboxylic acids is 1. The van der Waals surface area contributed by atoms with Gasteiger partial charge in [-0.2, -0.15) is 23.5 Å². The molecule has 3 aromatic rings. The van der Waals surface area contributed by atoms with Crippen LogP contribution in [0.4, 0.5) is 0 Å². The van der Waals surface area contributed by atoms with Gasteiger partial charge in [0.1, 0.15) is 35.4 Å². The number of hydrogen-bond donors (Lipinski definition) is 11. The summed E-state index contributed by atoms with van der Waals surface area (Å²) in [5, 5.41) is 50.8. The second-order valence-electron chi connectivity index (χ2n) is 41.6. The minimum atomic E-state index is -1.67. The molecule has 0 aliphatic carbocycles. The third-order valence-electron chi connectivity index (χ3n) is 28.0. The molecule has 14 amide bonds. The van der Waals surface area contributed by atoms with Gasteiger partial charge in [-0.1, -0.05) is 102 Å². The molecule has 0 spiro atoms. The Kier molecular flexibility index (Phi) is 48.0. The van der Waals surface area contributed by atoms with Crippen LogP contribution in [0.2, 0.25) is 0 Å². The molecule has 150 heavy (non-hydrogen) atoms. The lowest BCUT2D eigenvalue weighted by Crippen LogP contribution is -2.60. The standard InChI is InChI=1S/C108H148N14O25S3/c1-10-12-24-80-89(128)55-77(102(142)112-68(6)98(109)138)59-149-45-39-95(134)118-62-117-63-119(64-118)96(135)61-150-60-83(90(129)51-72(48-69-22-15-14-16-23-69)99(139)111-67(5)87(126)54-75(56-97(136)137)106(146)121-42-20-27-85(121)92(131)52-73(100(140)113-80)49-70-30-34-78(124)35-31-70)116-101(141)74(50-71-32-36-79(125)37-33-71)53-91(130)84-26-19-41-120(84)105(145)65(3)46-88(127)81(25-17-18-40-110-93(132)29-13-11-2)114-104(144)86-28-21-43-122(86)107(147)82(57-108(7,8)9)115-103(143)76(47-66(4)123)58-148-44-38-94(117)133/h2,14-16,22-23,30-37,65,67-68,72-77,80-86,124-125H,10,12-13,17-21,24-29,38-64H2,1,3-9H3,(H2,109,138)(H,110,132)(H,111,139)(H,112,142)(H,113,140)(H,114,144)(H,115,143)(H,116,141)(H,136,137)/t65-,67-,68-,72+,73+,74+,75-,76-,77-,80-,81-,82-,83-,84-,85-,86-/m0/s1. The molecule has 4 bridgehead atoms. The van der Waals surface area contributed by atoms with Crippen molar-refractivity contribution in [3.8, 4) is 23.8 Å². The Labute approximate surface area is 888 Å². The summed E-state index contributed by atoms with van der Waals surface area (Å²) in [5.41, 5.74) is 6.38. The molecular formula is C108H148N14O25S3. The predicted octanol–water partition coefficient (Wildman–Crippen LogP) is 5.78. The molecular weight excluding hydrogens is 1990 g/mol. The van der Waals surface area contributed by atoms with Crippen LogP contribution in [-0.4, -0.2) is 309 Å².